The minimum atomic E-state index is -4.00. The number of nitro groups is 1. The first-order valence-electron chi connectivity index (χ1n) is 4.73. The smallest absolute Gasteiger partial charge is 0.321 e. The van der Waals surface area contributed by atoms with Crippen molar-refractivity contribution < 1.29 is 23.2 Å². The Hall–Kier alpha value is -2.00. The average molecular weight is 274 g/mol. The van der Waals surface area contributed by atoms with E-state index in [1.54, 1.807) is 0 Å². The van der Waals surface area contributed by atoms with Crippen molar-refractivity contribution in [2.24, 2.45) is 0 Å². The Bertz CT molecular complexity index is 565. The molecule has 2 N–H and O–H groups in total. The van der Waals surface area contributed by atoms with Gasteiger partial charge in [-0.25, -0.2) is 8.42 Å². The van der Waals surface area contributed by atoms with Crippen LogP contribution in [0.1, 0.15) is 6.92 Å². The summed E-state index contributed by atoms with van der Waals surface area (Å²) in [6, 6.07) is 2.84. The second kappa shape index (κ2) is 5.10. The number of aliphatic carboxylic acids is 1. The first-order chi connectivity index (χ1) is 8.24. The first-order valence-corrected chi connectivity index (χ1v) is 6.22. The number of carboxylic acids is 1. The molecule has 1 atom stereocenters. The SMILES string of the molecule is C[C@@H](NS(=O)(=O)c1ccc([N+](=O)[O-])cc1)C(=O)O. The van der Waals surface area contributed by atoms with E-state index >= 15 is 0 Å². The highest BCUT2D eigenvalue weighted by Crippen LogP contribution is 2.15. The molecular weight excluding hydrogens is 264 g/mol. The van der Waals surface area contributed by atoms with E-state index in [1.807, 2.05) is 4.72 Å². The van der Waals surface area contributed by atoms with Crippen LogP contribution in [0.5, 0.6) is 0 Å². The molecule has 0 aliphatic heterocycles. The average Bonchev–Trinajstić information content (AvgIpc) is 2.28. The maximum absolute atomic E-state index is 11.7. The van der Waals surface area contributed by atoms with Gasteiger partial charge in [0.05, 0.1) is 9.82 Å². The fraction of sp³-hybridized carbons (Fsp3) is 0.222. The van der Waals surface area contributed by atoms with Crippen molar-refractivity contribution in [3.05, 3.63) is 34.4 Å². The zero-order valence-corrected chi connectivity index (χ0v) is 10.0. The standard InChI is InChI=1S/C9H10N2O6S/c1-6(9(12)13)10-18(16,17)8-4-2-7(3-5-8)11(14)15/h2-6,10H,1H3,(H,12,13)/t6-/m1/s1. The third-order valence-corrected chi connectivity index (χ3v) is 3.62. The predicted octanol–water partition coefficient (Wildman–Crippen LogP) is 0.346. The highest BCUT2D eigenvalue weighted by Gasteiger charge is 2.21. The number of carboxylic acid groups (broad SMARTS) is 1. The van der Waals surface area contributed by atoms with Crippen molar-refractivity contribution in [1.29, 1.82) is 0 Å². The van der Waals surface area contributed by atoms with Crippen molar-refractivity contribution >= 4 is 21.7 Å². The zero-order chi connectivity index (χ0) is 13.9. The van der Waals surface area contributed by atoms with E-state index in [9.17, 15) is 23.3 Å². The molecule has 0 amide bonds. The third-order valence-electron chi connectivity index (χ3n) is 2.06. The van der Waals surface area contributed by atoms with E-state index in [0.29, 0.717) is 0 Å². The van der Waals surface area contributed by atoms with Crippen molar-refractivity contribution in [1.82, 2.24) is 4.72 Å². The number of carbonyl (C=O) groups is 1. The van der Waals surface area contributed by atoms with Crippen LogP contribution in [0.3, 0.4) is 0 Å². The maximum atomic E-state index is 11.7. The van der Waals surface area contributed by atoms with Gasteiger partial charge in [0.2, 0.25) is 10.0 Å². The molecule has 0 aromatic heterocycles. The number of sulfonamides is 1. The van der Waals surface area contributed by atoms with Crippen LogP contribution in [0.2, 0.25) is 0 Å². The van der Waals surface area contributed by atoms with Gasteiger partial charge < -0.3 is 5.11 Å². The Balaban J connectivity index is 2.99. The molecule has 98 valence electrons. The lowest BCUT2D eigenvalue weighted by atomic mass is 10.3. The molecule has 0 spiro atoms. The number of benzene rings is 1. The third kappa shape index (κ3) is 3.25. The second-order valence-corrected chi connectivity index (χ2v) is 5.15. The molecule has 0 fully saturated rings. The van der Waals surface area contributed by atoms with E-state index in [0.717, 1.165) is 24.3 Å². The number of nitrogens with zero attached hydrogens (tertiary/aromatic N) is 1. The van der Waals surface area contributed by atoms with Crippen molar-refractivity contribution in [3.8, 4) is 0 Å². The number of hydrogen-bond acceptors (Lipinski definition) is 5. The second-order valence-electron chi connectivity index (χ2n) is 3.43. The summed E-state index contributed by atoms with van der Waals surface area (Å²) in [5.41, 5.74) is -0.250. The van der Waals surface area contributed by atoms with Gasteiger partial charge in [0.1, 0.15) is 6.04 Å². The van der Waals surface area contributed by atoms with Gasteiger partial charge in [-0.1, -0.05) is 0 Å². The Morgan fingerprint density at radius 2 is 1.89 bits per heavy atom. The monoisotopic (exact) mass is 274 g/mol. The first kappa shape index (κ1) is 14.1. The molecule has 1 aromatic rings. The Kier molecular flexibility index (Phi) is 3.99. The summed E-state index contributed by atoms with van der Waals surface area (Å²) in [4.78, 5) is 20.0. The van der Waals surface area contributed by atoms with Crippen LogP contribution in [0.25, 0.3) is 0 Å². The zero-order valence-electron chi connectivity index (χ0n) is 9.23. The molecular formula is C9H10N2O6S. The molecule has 8 nitrogen and oxygen atoms in total. The summed E-state index contributed by atoms with van der Waals surface area (Å²) in [6.45, 7) is 1.17. The van der Waals surface area contributed by atoms with E-state index < -0.39 is 27.0 Å². The lowest BCUT2D eigenvalue weighted by molar-refractivity contribution is -0.384. The summed E-state index contributed by atoms with van der Waals surface area (Å²) in [5.74, 6) is -1.32. The predicted molar refractivity (Wildman–Crippen MR) is 60.5 cm³/mol. The van der Waals surface area contributed by atoms with Gasteiger partial charge >= 0.3 is 5.97 Å². The van der Waals surface area contributed by atoms with Gasteiger partial charge in [0.25, 0.3) is 5.69 Å². The van der Waals surface area contributed by atoms with E-state index in [1.165, 1.54) is 6.92 Å². The summed E-state index contributed by atoms with van der Waals surface area (Å²) in [7, 11) is -4.00. The topological polar surface area (TPSA) is 127 Å². The molecule has 0 aliphatic rings. The maximum Gasteiger partial charge on any atom is 0.321 e. The van der Waals surface area contributed by atoms with Gasteiger partial charge in [-0.3, -0.25) is 14.9 Å². The van der Waals surface area contributed by atoms with Crippen LogP contribution in [0, 0.1) is 10.1 Å². The van der Waals surface area contributed by atoms with Gasteiger partial charge in [-0.05, 0) is 19.1 Å². The van der Waals surface area contributed by atoms with Crippen LogP contribution in [-0.2, 0) is 14.8 Å². The molecule has 0 heterocycles. The largest absolute Gasteiger partial charge is 0.480 e. The van der Waals surface area contributed by atoms with E-state index in [2.05, 4.69) is 0 Å². The van der Waals surface area contributed by atoms with E-state index in [4.69, 9.17) is 5.11 Å². The quantitative estimate of drug-likeness (QED) is 0.589. The number of non-ortho nitro benzene ring substituents is 1. The summed E-state index contributed by atoms with van der Waals surface area (Å²) in [5, 5.41) is 19.0. The van der Waals surface area contributed by atoms with Crippen LogP contribution >= 0.6 is 0 Å². The number of nitro benzene ring substituents is 1. The molecule has 0 radical (unpaired) electrons. The Morgan fingerprint density at radius 1 is 1.39 bits per heavy atom. The van der Waals surface area contributed by atoms with Gasteiger partial charge in [-0.2, -0.15) is 4.72 Å². The normalized spacial score (nSPS) is 12.9. The summed E-state index contributed by atoms with van der Waals surface area (Å²) < 4.78 is 25.3. The molecule has 0 bridgehead atoms. The highest BCUT2D eigenvalue weighted by atomic mass is 32.2. The van der Waals surface area contributed by atoms with Crippen molar-refractivity contribution in [2.45, 2.75) is 17.9 Å². The van der Waals surface area contributed by atoms with Crippen molar-refractivity contribution in [2.75, 3.05) is 0 Å². The van der Waals surface area contributed by atoms with Crippen molar-refractivity contribution in [3.63, 3.8) is 0 Å². The molecule has 0 unspecified atom stereocenters. The number of nitrogens with one attached hydrogen (secondary N) is 1. The fourth-order valence-corrected chi connectivity index (χ4v) is 2.29. The molecule has 1 aromatic carbocycles. The number of hydrogen-bond donors (Lipinski definition) is 2. The minimum Gasteiger partial charge on any atom is -0.480 e. The molecule has 0 saturated heterocycles. The summed E-state index contributed by atoms with van der Waals surface area (Å²) in [6.07, 6.45) is 0. The van der Waals surface area contributed by atoms with Gasteiger partial charge in [0, 0.05) is 12.1 Å². The minimum absolute atomic E-state index is 0.235. The highest BCUT2D eigenvalue weighted by molar-refractivity contribution is 7.89. The van der Waals surface area contributed by atoms with E-state index in [-0.39, 0.29) is 10.6 Å². The van der Waals surface area contributed by atoms with Crippen LogP contribution in [0.4, 0.5) is 5.69 Å². The Labute approximate surface area is 102 Å². The van der Waals surface area contributed by atoms with Crippen LogP contribution in [-0.4, -0.2) is 30.5 Å². The molecule has 1 rings (SSSR count). The van der Waals surface area contributed by atoms with Crippen LogP contribution < -0.4 is 4.72 Å². The molecule has 0 aliphatic carbocycles. The molecule has 9 heteroatoms. The van der Waals surface area contributed by atoms with Gasteiger partial charge in [0.15, 0.2) is 0 Å². The molecule has 18 heavy (non-hydrogen) atoms. The summed E-state index contributed by atoms with van der Waals surface area (Å²) >= 11 is 0. The lowest BCUT2D eigenvalue weighted by Gasteiger charge is -2.09. The number of rotatable bonds is 5. The molecule has 0 saturated carbocycles. The van der Waals surface area contributed by atoms with Crippen LogP contribution in [0.15, 0.2) is 29.2 Å². The Morgan fingerprint density at radius 3 is 2.28 bits per heavy atom. The lowest BCUT2D eigenvalue weighted by Crippen LogP contribution is -2.38. The van der Waals surface area contributed by atoms with Gasteiger partial charge in [-0.15, -0.1) is 0 Å². The fourth-order valence-electron chi connectivity index (χ4n) is 1.10.